The molecule has 1 saturated carbocycles. The molecule has 1 fully saturated rings. The van der Waals surface area contributed by atoms with Crippen molar-refractivity contribution in [2.45, 2.75) is 38.3 Å². The van der Waals surface area contributed by atoms with Gasteiger partial charge in [0.25, 0.3) is 5.56 Å². The summed E-state index contributed by atoms with van der Waals surface area (Å²) in [4.78, 5) is 12.1. The zero-order valence-corrected chi connectivity index (χ0v) is 13.1. The number of methoxy groups -OCH3 is 1. The van der Waals surface area contributed by atoms with Crippen molar-refractivity contribution in [3.63, 3.8) is 0 Å². The van der Waals surface area contributed by atoms with Gasteiger partial charge in [0.1, 0.15) is 5.02 Å². The zero-order chi connectivity index (χ0) is 15.2. The minimum absolute atomic E-state index is 0.140. The van der Waals surface area contributed by atoms with Gasteiger partial charge in [-0.05, 0) is 18.8 Å². The number of hydrogen-bond donors (Lipinski definition) is 2. The van der Waals surface area contributed by atoms with Crippen LogP contribution in [0, 0.1) is 5.92 Å². The Labute approximate surface area is 129 Å². The number of nitrogens with one attached hydrogen (secondary N) is 1. The van der Waals surface area contributed by atoms with Gasteiger partial charge in [-0.15, -0.1) is 0 Å². The van der Waals surface area contributed by atoms with Crippen LogP contribution in [0.3, 0.4) is 0 Å². The monoisotopic (exact) mass is 314 g/mol. The fraction of sp³-hybridized carbons (Fsp3) is 0.714. The molecule has 2 rings (SSSR count). The minimum atomic E-state index is -0.305. The van der Waals surface area contributed by atoms with Crippen LogP contribution in [0.2, 0.25) is 5.02 Å². The number of aromatic nitrogens is 2. The molecule has 1 heterocycles. The highest BCUT2D eigenvalue weighted by Crippen LogP contribution is 2.29. The van der Waals surface area contributed by atoms with E-state index in [0.717, 1.165) is 0 Å². The lowest BCUT2D eigenvalue weighted by atomic mass is 9.98. The predicted octanol–water partition coefficient (Wildman–Crippen LogP) is 1.47. The van der Waals surface area contributed by atoms with E-state index in [-0.39, 0.29) is 16.6 Å². The summed E-state index contributed by atoms with van der Waals surface area (Å²) in [6.07, 6.45) is 6.42. The van der Waals surface area contributed by atoms with Gasteiger partial charge >= 0.3 is 0 Å². The Morgan fingerprint density at radius 3 is 2.90 bits per heavy atom. The Hall–Kier alpha value is -1.11. The van der Waals surface area contributed by atoms with Gasteiger partial charge < -0.3 is 15.8 Å². The van der Waals surface area contributed by atoms with E-state index in [1.165, 1.54) is 30.4 Å². The lowest BCUT2D eigenvalue weighted by molar-refractivity contribution is 0.182. The molecule has 0 amide bonds. The molecule has 0 spiro atoms. The van der Waals surface area contributed by atoms with Crippen LogP contribution in [0.4, 0.5) is 5.69 Å². The maximum atomic E-state index is 12.1. The van der Waals surface area contributed by atoms with E-state index in [0.29, 0.717) is 31.3 Å². The van der Waals surface area contributed by atoms with E-state index in [1.54, 1.807) is 13.3 Å². The molecule has 0 bridgehead atoms. The minimum Gasteiger partial charge on any atom is -0.383 e. The molecule has 0 saturated heterocycles. The molecule has 6 nitrogen and oxygen atoms in total. The average Bonchev–Trinajstić information content (AvgIpc) is 3.02. The average molecular weight is 315 g/mol. The van der Waals surface area contributed by atoms with Gasteiger partial charge in [0.2, 0.25) is 0 Å². The first-order valence-corrected chi connectivity index (χ1v) is 7.76. The molecule has 1 aromatic heterocycles. The maximum Gasteiger partial charge on any atom is 0.287 e. The van der Waals surface area contributed by atoms with Crippen LogP contribution in [0.25, 0.3) is 0 Å². The third-order valence-electron chi connectivity index (χ3n) is 4.06. The van der Waals surface area contributed by atoms with Crippen LogP contribution in [-0.4, -0.2) is 36.1 Å². The van der Waals surface area contributed by atoms with Crippen LogP contribution in [0.15, 0.2) is 11.0 Å². The van der Waals surface area contributed by atoms with E-state index in [4.69, 9.17) is 22.1 Å². The Balaban J connectivity index is 2.12. The molecule has 1 aliphatic rings. The molecule has 1 aliphatic carbocycles. The highest BCUT2D eigenvalue weighted by atomic mass is 35.5. The molecule has 7 heteroatoms. The third kappa shape index (κ3) is 3.96. The first-order valence-electron chi connectivity index (χ1n) is 7.38. The highest BCUT2D eigenvalue weighted by Gasteiger charge is 2.25. The lowest BCUT2D eigenvalue weighted by Gasteiger charge is -2.24. The van der Waals surface area contributed by atoms with E-state index >= 15 is 0 Å². The van der Waals surface area contributed by atoms with Crippen molar-refractivity contribution in [2.24, 2.45) is 11.7 Å². The van der Waals surface area contributed by atoms with Gasteiger partial charge in [0.15, 0.2) is 0 Å². The van der Waals surface area contributed by atoms with Crippen LogP contribution < -0.4 is 16.6 Å². The summed E-state index contributed by atoms with van der Waals surface area (Å²) in [5.41, 5.74) is 6.12. The van der Waals surface area contributed by atoms with Gasteiger partial charge in [-0.1, -0.05) is 24.4 Å². The molecular formula is C14H23ClN4O2. The van der Waals surface area contributed by atoms with E-state index in [1.807, 2.05) is 0 Å². The number of ether oxygens (including phenoxy) is 1. The first kappa shape index (κ1) is 16.3. The fourth-order valence-electron chi connectivity index (χ4n) is 2.83. The molecule has 21 heavy (non-hydrogen) atoms. The van der Waals surface area contributed by atoms with E-state index < -0.39 is 0 Å². The second-order valence-corrected chi connectivity index (χ2v) is 5.80. The molecule has 1 aromatic rings. The van der Waals surface area contributed by atoms with Gasteiger partial charge in [0.05, 0.1) is 25.0 Å². The summed E-state index contributed by atoms with van der Waals surface area (Å²) in [7, 11) is 1.58. The molecule has 0 aromatic carbocycles. The van der Waals surface area contributed by atoms with Crippen molar-refractivity contribution in [1.29, 1.82) is 0 Å². The van der Waals surface area contributed by atoms with Crippen LogP contribution >= 0.6 is 11.6 Å². The summed E-state index contributed by atoms with van der Waals surface area (Å²) < 4.78 is 6.25. The summed E-state index contributed by atoms with van der Waals surface area (Å²) in [6.45, 7) is 1.33. The molecule has 1 atom stereocenters. The Morgan fingerprint density at radius 1 is 1.57 bits per heavy atom. The van der Waals surface area contributed by atoms with Crippen molar-refractivity contribution in [3.8, 4) is 0 Å². The van der Waals surface area contributed by atoms with Crippen molar-refractivity contribution in [2.75, 3.05) is 25.6 Å². The smallest absolute Gasteiger partial charge is 0.287 e. The summed E-state index contributed by atoms with van der Waals surface area (Å²) >= 11 is 6.17. The summed E-state index contributed by atoms with van der Waals surface area (Å²) in [5.74, 6) is 0.544. The lowest BCUT2D eigenvalue weighted by Crippen LogP contribution is -2.36. The van der Waals surface area contributed by atoms with Gasteiger partial charge in [0, 0.05) is 19.7 Å². The van der Waals surface area contributed by atoms with Crippen LogP contribution in [0.1, 0.15) is 25.7 Å². The van der Waals surface area contributed by atoms with Crippen LogP contribution in [-0.2, 0) is 11.3 Å². The van der Waals surface area contributed by atoms with Gasteiger partial charge in [-0.2, -0.15) is 5.10 Å². The normalized spacial score (nSPS) is 17.1. The van der Waals surface area contributed by atoms with E-state index in [9.17, 15) is 4.79 Å². The summed E-state index contributed by atoms with van der Waals surface area (Å²) in [5, 5.41) is 7.59. The first-order chi connectivity index (χ1) is 10.2. The Kier molecular flexibility index (Phi) is 6.02. The standard InChI is InChI=1S/C14H23ClN4O2/c1-21-7-6-19-14(20)13(15)12(9-17-19)18-11(8-16)10-4-2-3-5-10/h9-11,18H,2-8,16H2,1H3. The highest BCUT2D eigenvalue weighted by molar-refractivity contribution is 6.32. The SMILES string of the molecule is COCCn1ncc(NC(CN)C2CCCC2)c(Cl)c1=O. The Bertz CT molecular complexity index is 514. The van der Waals surface area contributed by atoms with Crippen molar-refractivity contribution >= 4 is 17.3 Å². The summed E-state index contributed by atoms with van der Waals surface area (Å²) in [6, 6.07) is 0.140. The second kappa shape index (κ2) is 7.77. The number of hydrogen-bond acceptors (Lipinski definition) is 5. The molecule has 118 valence electrons. The second-order valence-electron chi connectivity index (χ2n) is 5.42. The molecule has 3 N–H and O–H groups in total. The number of halogens is 1. The largest absolute Gasteiger partial charge is 0.383 e. The maximum absolute atomic E-state index is 12.1. The van der Waals surface area contributed by atoms with E-state index in [2.05, 4.69) is 10.4 Å². The molecule has 0 aliphatic heterocycles. The number of nitrogens with zero attached hydrogens (tertiary/aromatic N) is 2. The fourth-order valence-corrected chi connectivity index (χ4v) is 3.03. The topological polar surface area (TPSA) is 82.2 Å². The quantitative estimate of drug-likeness (QED) is 0.796. The van der Waals surface area contributed by atoms with Crippen molar-refractivity contribution < 1.29 is 4.74 Å². The molecule has 0 radical (unpaired) electrons. The third-order valence-corrected chi connectivity index (χ3v) is 4.42. The van der Waals surface area contributed by atoms with Gasteiger partial charge in [-0.25, -0.2) is 4.68 Å². The predicted molar refractivity (Wildman–Crippen MR) is 83.8 cm³/mol. The van der Waals surface area contributed by atoms with Crippen molar-refractivity contribution in [3.05, 3.63) is 21.6 Å². The van der Waals surface area contributed by atoms with Gasteiger partial charge in [-0.3, -0.25) is 4.79 Å². The Morgan fingerprint density at radius 2 is 2.29 bits per heavy atom. The number of rotatable bonds is 7. The van der Waals surface area contributed by atoms with Crippen LogP contribution in [0.5, 0.6) is 0 Å². The number of anilines is 1. The zero-order valence-electron chi connectivity index (χ0n) is 12.3. The molecular weight excluding hydrogens is 292 g/mol. The van der Waals surface area contributed by atoms with Crippen molar-refractivity contribution in [1.82, 2.24) is 9.78 Å². The number of nitrogens with two attached hydrogens (primary N) is 1. The molecule has 1 unspecified atom stereocenters.